The molecule has 2 aromatic rings. The maximum absolute atomic E-state index is 12.8. The average molecular weight is 260 g/mol. The zero-order chi connectivity index (χ0) is 13.8. The van der Waals surface area contributed by atoms with Gasteiger partial charge in [0.1, 0.15) is 11.6 Å². The third-order valence-corrected chi connectivity index (χ3v) is 2.68. The van der Waals surface area contributed by atoms with Crippen LogP contribution >= 0.6 is 0 Å². The number of ether oxygens (including phenoxy) is 1. The van der Waals surface area contributed by atoms with Crippen molar-refractivity contribution in [2.75, 3.05) is 0 Å². The van der Waals surface area contributed by atoms with Crippen LogP contribution in [0, 0.1) is 5.82 Å². The number of benzene rings is 1. The van der Waals surface area contributed by atoms with Crippen molar-refractivity contribution in [3.63, 3.8) is 0 Å². The minimum absolute atomic E-state index is 0.137. The molecule has 0 saturated carbocycles. The summed E-state index contributed by atoms with van der Waals surface area (Å²) in [5.74, 6) is 0.439. The van der Waals surface area contributed by atoms with Gasteiger partial charge in [0.05, 0.1) is 24.0 Å². The van der Waals surface area contributed by atoms with Crippen LogP contribution < -0.4 is 10.5 Å². The minimum Gasteiger partial charge on any atom is -0.491 e. The first kappa shape index (κ1) is 13.5. The monoisotopic (exact) mass is 260 g/mol. The van der Waals surface area contributed by atoms with Gasteiger partial charge in [-0.05, 0) is 43.7 Å². The predicted octanol–water partition coefficient (Wildman–Crippen LogP) is 3.06. The van der Waals surface area contributed by atoms with Crippen molar-refractivity contribution in [1.29, 1.82) is 0 Å². The second-order valence-electron chi connectivity index (χ2n) is 4.61. The van der Waals surface area contributed by atoms with Gasteiger partial charge in [0.25, 0.3) is 0 Å². The standard InChI is InChI=1S/C15H17FN2O/c1-10(2)19-13-6-3-11(4-7-13)15(17)14-8-5-12(16)9-18-14/h3-10,15H,17H2,1-2H3. The lowest BCUT2D eigenvalue weighted by Gasteiger charge is -2.13. The van der Waals surface area contributed by atoms with Crippen molar-refractivity contribution in [3.05, 3.63) is 59.7 Å². The van der Waals surface area contributed by atoms with Crippen LogP contribution in [0.1, 0.15) is 31.1 Å². The number of nitrogens with two attached hydrogens (primary N) is 1. The van der Waals surface area contributed by atoms with Gasteiger partial charge in [0.15, 0.2) is 0 Å². The van der Waals surface area contributed by atoms with E-state index in [1.54, 1.807) is 6.07 Å². The molecular weight excluding hydrogens is 243 g/mol. The molecule has 0 bridgehead atoms. The highest BCUT2D eigenvalue weighted by Gasteiger charge is 2.10. The van der Waals surface area contributed by atoms with Crippen LogP contribution in [-0.4, -0.2) is 11.1 Å². The Morgan fingerprint density at radius 1 is 1.11 bits per heavy atom. The lowest BCUT2D eigenvalue weighted by Crippen LogP contribution is -2.13. The summed E-state index contributed by atoms with van der Waals surface area (Å²) >= 11 is 0. The van der Waals surface area contributed by atoms with Gasteiger partial charge >= 0.3 is 0 Å². The fourth-order valence-electron chi connectivity index (χ4n) is 1.77. The van der Waals surface area contributed by atoms with Crippen molar-refractivity contribution < 1.29 is 9.13 Å². The van der Waals surface area contributed by atoms with Crippen molar-refractivity contribution in [2.45, 2.75) is 26.0 Å². The Morgan fingerprint density at radius 3 is 2.32 bits per heavy atom. The molecular formula is C15H17FN2O. The fraction of sp³-hybridized carbons (Fsp3) is 0.267. The first-order valence-electron chi connectivity index (χ1n) is 6.20. The van der Waals surface area contributed by atoms with E-state index in [1.807, 2.05) is 38.1 Å². The highest BCUT2D eigenvalue weighted by Crippen LogP contribution is 2.21. The van der Waals surface area contributed by atoms with Gasteiger partial charge in [0, 0.05) is 0 Å². The van der Waals surface area contributed by atoms with E-state index in [2.05, 4.69) is 4.98 Å². The fourth-order valence-corrected chi connectivity index (χ4v) is 1.77. The van der Waals surface area contributed by atoms with Crippen LogP contribution in [0.5, 0.6) is 5.75 Å². The van der Waals surface area contributed by atoms with Crippen LogP contribution in [0.2, 0.25) is 0 Å². The molecule has 0 spiro atoms. The van der Waals surface area contributed by atoms with Crippen molar-refractivity contribution in [3.8, 4) is 5.75 Å². The predicted molar refractivity (Wildman–Crippen MR) is 72.4 cm³/mol. The Kier molecular flexibility index (Phi) is 4.12. The largest absolute Gasteiger partial charge is 0.491 e. The van der Waals surface area contributed by atoms with E-state index in [9.17, 15) is 4.39 Å². The molecule has 19 heavy (non-hydrogen) atoms. The van der Waals surface area contributed by atoms with Gasteiger partial charge in [-0.2, -0.15) is 0 Å². The van der Waals surface area contributed by atoms with E-state index >= 15 is 0 Å². The van der Waals surface area contributed by atoms with E-state index < -0.39 is 0 Å². The molecule has 1 aromatic carbocycles. The van der Waals surface area contributed by atoms with Crippen molar-refractivity contribution in [1.82, 2.24) is 4.98 Å². The average Bonchev–Trinajstić information content (AvgIpc) is 2.39. The molecule has 2 rings (SSSR count). The Hall–Kier alpha value is -1.94. The molecule has 0 aliphatic heterocycles. The van der Waals surface area contributed by atoms with Crippen molar-refractivity contribution >= 4 is 0 Å². The number of halogens is 1. The number of nitrogens with zero attached hydrogens (tertiary/aromatic N) is 1. The molecule has 0 saturated heterocycles. The smallest absolute Gasteiger partial charge is 0.141 e. The number of rotatable bonds is 4. The van der Waals surface area contributed by atoms with Crippen LogP contribution in [0.15, 0.2) is 42.6 Å². The summed E-state index contributed by atoms with van der Waals surface area (Å²) in [5.41, 5.74) is 7.64. The van der Waals surface area contributed by atoms with Gasteiger partial charge in [-0.25, -0.2) is 4.39 Å². The minimum atomic E-state index is -0.367. The number of hydrogen-bond acceptors (Lipinski definition) is 3. The number of hydrogen-bond donors (Lipinski definition) is 1. The van der Waals surface area contributed by atoms with Crippen LogP contribution in [0.4, 0.5) is 4.39 Å². The number of aromatic nitrogens is 1. The third kappa shape index (κ3) is 3.51. The first-order chi connectivity index (χ1) is 9.06. The topological polar surface area (TPSA) is 48.1 Å². The van der Waals surface area contributed by atoms with Gasteiger partial charge < -0.3 is 10.5 Å². The normalized spacial score (nSPS) is 12.5. The summed E-state index contributed by atoms with van der Waals surface area (Å²) in [7, 11) is 0. The van der Waals surface area contributed by atoms with E-state index in [0.717, 1.165) is 11.3 Å². The molecule has 0 aliphatic rings. The molecule has 0 aliphatic carbocycles. The van der Waals surface area contributed by atoms with E-state index in [1.165, 1.54) is 12.3 Å². The van der Waals surface area contributed by atoms with E-state index in [4.69, 9.17) is 10.5 Å². The highest BCUT2D eigenvalue weighted by molar-refractivity contribution is 5.33. The Labute approximate surface area is 112 Å². The molecule has 3 nitrogen and oxygen atoms in total. The molecule has 1 heterocycles. The van der Waals surface area contributed by atoms with Crippen LogP contribution in [0.25, 0.3) is 0 Å². The maximum Gasteiger partial charge on any atom is 0.141 e. The molecule has 2 N–H and O–H groups in total. The second kappa shape index (κ2) is 5.80. The molecule has 1 atom stereocenters. The summed E-state index contributed by atoms with van der Waals surface area (Å²) in [5, 5.41) is 0. The highest BCUT2D eigenvalue weighted by atomic mass is 19.1. The van der Waals surface area contributed by atoms with Crippen molar-refractivity contribution in [2.24, 2.45) is 5.73 Å². The van der Waals surface area contributed by atoms with E-state index in [0.29, 0.717) is 5.69 Å². The third-order valence-electron chi connectivity index (χ3n) is 2.68. The first-order valence-corrected chi connectivity index (χ1v) is 6.20. The van der Waals surface area contributed by atoms with Gasteiger partial charge in [-0.15, -0.1) is 0 Å². The zero-order valence-corrected chi connectivity index (χ0v) is 11.0. The van der Waals surface area contributed by atoms with Crippen LogP contribution in [-0.2, 0) is 0 Å². The summed E-state index contributed by atoms with van der Waals surface area (Å²) in [6.45, 7) is 3.95. The summed E-state index contributed by atoms with van der Waals surface area (Å²) in [6.07, 6.45) is 1.31. The van der Waals surface area contributed by atoms with Crippen LogP contribution in [0.3, 0.4) is 0 Å². The Balaban J connectivity index is 2.15. The lowest BCUT2D eigenvalue weighted by atomic mass is 10.0. The van der Waals surface area contributed by atoms with Gasteiger partial charge in [-0.1, -0.05) is 12.1 Å². The lowest BCUT2D eigenvalue weighted by molar-refractivity contribution is 0.242. The molecule has 4 heteroatoms. The Bertz CT molecular complexity index is 523. The number of pyridine rings is 1. The van der Waals surface area contributed by atoms with Gasteiger partial charge in [0.2, 0.25) is 0 Å². The molecule has 100 valence electrons. The SMILES string of the molecule is CC(C)Oc1ccc(C(N)c2ccc(F)cn2)cc1. The summed E-state index contributed by atoms with van der Waals surface area (Å²) in [6, 6.07) is 10.1. The molecule has 0 fully saturated rings. The zero-order valence-electron chi connectivity index (χ0n) is 11.0. The summed E-state index contributed by atoms with van der Waals surface area (Å²) < 4.78 is 18.4. The quantitative estimate of drug-likeness (QED) is 0.919. The summed E-state index contributed by atoms with van der Waals surface area (Å²) in [4.78, 5) is 3.99. The second-order valence-corrected chi connectivity index (χ2v) is 4.61. The molecule has 0 amide bonds. The van der Waals surface area contributed by atoms with E-state index in [-0.39, 0.29) is 18.0 Å². The molecule has 0 radical (unpaired) electrons. The van der Waals surface area contributed by atoms with Gasteiger partial charge in [-0.3, -0.25) is 4.98 Å². The maximum atomic E-state index is 12.8. The molecule has 1 unspecified atom stereocenters. The molecule has 1 aromatic heterocycles. The Morgan fingerprint density at radius 2 is 1.79 bits per heavy atom.